The number of para-hydroxylation sites is 1. The van der Waals surface area contributed by atoms with Crippen LogP contribution in [0, 0.1) is 37.5 Å². The zero-order valence-electron chi connectivity index (χ0n) is 17.2. The fraction of sp³-hybridized carbons (Fsp3) is 0.500. The van der Waals surface area contributed by atoms with E-state index in [0.29, 0.717) is 12.3 Å². The number of hydrogen-bond acceptors (Lipinski definition) is 5. The van der Waals surface area contributed by atoms with Crippen molar-refractivity contribution >= 4 is 23.3 Å². The first-order chi connectivity index (χ1) is 13.2. The summed E-state index contributed by atoms with van der Waals surface area (Å²) < 4.78 is 0. The summed E-state index contributed by atoms with van der Waals surface area (Å²) >= 11 is 1.76. The van der Waals surface area contributed by atoms with Gasteiger partial charge in [0.15, 0.2) is 0 Å². The van der Waals surface area contributed by atoms with Crippen LogP contribution in [0.1, 0.15) is 76.6 Å². The molecule has 1 aliphatic rings. The van der Waals surface area contributed by atoms with Crippen molar-refractivity contribution in [2.75, 3.05) is 5.48 Å². The van der Waals surface area contributed by atoms with Crippen LogP contribution < -0.4 is 5.48 Å². The summed E-state index contributed by atoms with van der Waals surface area (Å²) in [5.41, 5.74) is 4.02. The third-order valence-electron chi connectivity index (χ3n) is 4.14. The molecular formula is C22H32N2O2SU. The van der Waals surface area contributed by atoms with E-state index in [0.717, 1.165) is 22.5 Å². The Labute approximate surface area is 197 Å². The Balaban J connectivity index is 0.000000699. The van der Waals surface area contributed by atoms with Crippen molar-refractivity contribution < 1.29 is 41.1 Å². The average molecular weight is 627 g/mol. The molecule has 1 aliphatic carbocycles. The SMILES string of the molecule is CCC[C-]=O.C[CH-]C.ONc1ccccc1-c1cnc(C2CCCCC2)s1.[U+2]. The molecule has 1 aromatic heterocycles. The summed E-state index contributed by atoms with van der Waals surface area (Å²) in [6.45, 7) is 5.95. The van der Waals surface area contributed by atoms with E-state index in [-0.39, 0.29) is 31.1 Å². The van der Waals surface area contributed by atoms with Gasteiger partial charge in [0, 0.05) is 17.7 Å². The van der Waals surface area contributed by atoms with E-state index in [1.807, 2.05) is 57.7 Å². The number of nitrogens with one attached hydrogen (secondary N) is 1. The molecule has 2 N–H and O–H groups in total. The normalized spacial score (nSPS) is 13.1. The average Bonchev–Trinajstić information content (AvgIpc) is 3.20. The van der Waals surface area contributed by atoms with Gasteiger partial charge in [-0.3, -0.25) is 17.0 Å². The van der Waals surface area contributed by atoms with Crippen LogP contribution in [0.5, 0.6) is 0 Å². The van der Waals surface area contributed by atoms with Crippen LogP contribution in [-0.2, 0) is 4.79 Å². The molecule has 1 heterocycles. The smallest absolute Gasteiger partial charge is 0.542 e. The minimum atomic E-state index is 0. The Kier molecular flexibility index (Phi) is 16.8. The standard InChI is InChI=1S/C15H18N2OS.C4H7O.C3H7.U/c18-17-13-9-5-4-8-12(13)14-10-16-15(19-14)11-6-2-1-3-7-11;1-2-3-4-5;1-3-2;/h4-5,8-11,17-18H,1-3,6-7H2;2-3H2,1H3;3H,1-2H3;/q;2*-1;+2. The van der Waals surface area contributed by atoms with Crippen molar-refractivity contribution in [2.45, 2.75) is 71.6 Å². The predicted molar refractivity (Wildman–Crippen MR) is 115 cm³/mol. The molecule has 152 valence electrons. The summed E-state index contributed by atoms with van der Waals surface area (Å²) in [4.78, 5) is 15.0. The van der Waals surface area contributed by atoms with Gasteiger partial charge in [-0.1, -0.05) is 50.8 Å². The maximum absolute atomic E-state index is 9.28. The molecule has 28 heavy (non-hydrogen) atoms. The van der Waals surface area contributed by atoms with Gasteiger partial charge < -0.3 is 11.2 Å². The van der Waals surface area contributed by atoms with Crippen LogP contribution in [0.3, 0.4) is 0 Å². The van der Waals surface area contributed by atoms with Crippen LogP contribution in [0.4, 0.5) is 5.69 Å². The first-order valence-corrected chi connectivity index (χ1v) is 10.6. The van der Waals surface area contributed by atoms with E-state index in [4.69, 9.17) is 5.21 Å². The van der Waals surface area contributed by atoms with E-state index < -0.39 is 0 Å². The molecule has 0 saturated heterocycles. The molecule has 1 saturated carbocycles. The van der Waals surface area contributed by atoms with Crippen molar-refractivity contribution in [1.82, 2.24) is 4.98 Å². The molecule has 0 amide bonds. The summed E-state index contributed by atoms with van der Waals surface area (Å²) in [7, 11) is 0. The van der Waals surface area contributed by atoms with Crippen LogP contribution in [0.25, 0.3) is 10.4 Å². The zero-order valence-corrected chi connectivity index (χ0v) is 22.2. The largest absolute Gasteiger partial charge is 2.00 e. The van der Waals surface area contributed by atoms with E-state index in [1.165, 1.54) is 37.1 Å². The van der Waals surface area contributed by atoms with Gasteiger partial charge in [0.05, 0.1) is 15.6 Å². The molecule has 1 aromatic carbocycles. The second-order valence-corrected chi connectivity index (χ2v) is 7.59. The summed E-state index contributed by atoms with van der Waals surface area (Å²) in [5, 5.41) is 10.4. The Morgan fingerprint density at radius 2 is 1.89 bits per heavy atom. The van der Waals surface area contributed by atoms with Gasteiger partial charge in [-0.15, -0.1) is 11.3 Å². The van der Waals surface area contributed by atoms with Gasteiger partial charge in [-0.2, -0.15) is 20.3 Å². The number of benzene rings is 1. The summed E-state index contributed by atoms with van der Waals surface area (Å²) in [6, 6.07) is 7.77. The number of anilines is 1. The first-order valence-electron chi connectivity index (χ1n) is 9.75. The molecule has 2 aromatic rings. The van der Waals surface area contributed by atoms with Gasteiger partial charge in [-0.05, 0) is 18.9 Å². The Bertz CT molecular complexity index is 643. The molecule has 0 bridgehead atoms. The quantitative estimate of drug-likeness (QED) is 0.284. The second kappa shape index (κ2) is 17.2. The third kappa shape index (κ3) is 9.69. The minimum absolute atomic E-state index is 0. The Hall–Kier alpha value is -0.668. The van der Waals surface area contributed by atoms with E-state index >= 15 is 0 Å². The number of carbonyl (C=O) groups excluding carboxylic acids is 1. The van der Waals surface area contributed by atoms with Crippen LogP contribution in [0.2, 0.25) is 0 Å². The van der Waals surface area contributed by atoms with Crippen molar-refractivity contribution in [3.63, 3.8) is 0 Å². The van der Waals surface area contributed by atoms with Gasteiger partial charge in [0.2, 0.25) is 0 Å². The Morgan fingerprint density at radius 3 is 2.43 bits per heavy atom. The molecule has 4 nitrogen and oxygen atoms in total. The molecule has 0 atom stereocenters. The zero-order chi connectivity index (χ0) is 19.9. The molecule has 1 fully saturated rings. The number of rotatable bonds is 5. The van der Waals surface area contributed by atoms with Crippen LogP contribution in [-0.4, -0.2) is 16.5 Å². The Morgan fingerprint density at radius 1 is 1.25 bits per heavy atom. The maximum Gasteiger partial charge on any atom is 2.00 e. The molecule has 0 spiro atoms. The molecule has 0 unspecified atom stereocenters. The van der Waals surface area contributed by atoms with Gasteiger partial charge >= 0.3 is 31.1 Å². The summed E-state index contributed by atoms with van der Waals surface area (Å²) in [6.07, 6.45) is 13.8. The van der Waals surface area contributed by atoms with Gasteiger partial charge in [-0.25, -0.2) is 4.98 Å². The molecule has 0 aliphatic heterocycles. The predicted octanol–water partition coefficient (Wildman–Crippen LogP) is 6.79. The van der Waals surface area contributed by atoms with E-state index in [1.54, 1.807) is 17.6 Å². The topological polar surface area (TPSA) is 62.2 Å². The number of thiazole rings is 1. The summed E-state index contributed by atoms with van der Waals surface area (Å²) in [5.74, 6) is 0.641. The second-order valence-electron chi connectivity index (χ2n) is 6.53. The minimum Gasteiger partial charge on any atom is -0.542 e. The number of nitrogens with zero attached hydrogens (tertiary/aromatic N) is 1. The fourth-order valence-corrected chi connectivity index (χ4v) is 3.97. The van der Waals surface area contributed by atoms with E-state index in [2.05, 4.69) is 10.5 Å². The monoisotopic (exact) mass is 626 g/mol. The molecule has 6 heteroatoms. The molecule has 0 radical (unpaired) electrons. The first kappa shape index (κ1) is 27.3. The van der Waals surface area contributed by atoms with Crippen LogP contribution >= 0.6 is 11.3 Å². The fourth-order valence-electron chi connectivity index (χ4n) is 2.85. The maximum atomic E-state index is 9.28. The molecular weight excluding hydrogens is 594 g/mol. The van der Waals surface area contributed by atoms with Crippen molar-refractivity contribution in [2.24, 2.45) is 0 Å². The van der Waals surface area contributed by atoms with Gasteiger partial charge in [0.25, 0.3) is 0 Å². The number of aromatic nitrogens is 1. The van der Waals surface area contributed by atoms with Crippen molar-refractivity contribution in [3.8, 4) is 10.4 Å². The number of hydrogen-bond donors (Lipinski definition) is 2. The van der Waals surface area contributed by atoms with Crippen molar-refractivity contribution in [3.05, 3.63) is 41.9 Å². The third-order valence-corrected chi connectivity index (χ3v) is 5.34. The van der Waals surface area contributed by atoms with E-state index in [9.17, 15) is 4.79 Å². The number of unbranched alkanes of at least 4 members (excludes halogenated alkanes) is 1. The van der Waals surface area contributed by atoms with Gasteiger partial charge in [0.1, 0.15) is 0 Å². The molecule has 3 rings (SSSR count). The van der Waals surface area contributed by atoms with Crippen LogP contribution in [0.15, 0.2) is 30.5 Å². The van der Waals surface area contributed by atoms with Crippen molar-refractivity contribution in [1.29, 1.82) is 0 Å².